The van der Waals surface area contributed by atoms with Gasteiger partial charge in [0.05, 0.1) is 40.7 Å². The minimum absolute atomic E-state index is 0. The van der Waals surface area contributed by atoms with Crippen LogP contribution >= 0.6 is 12.4 Å². The molecule has 112 valence electrons. The predicted molar refractivity (Wildman–Crippen MR) is 81.6 cm³/mol. The van der Waals surface area contributed by atoms with Gasteiger partial charge in [0.25, 0.3) is 0 Å². The van der Waals surface area contributed by atoms with E-state index < -0.39 is 0 Å². The second-order valence-corrected chi connectivity index (χ2v) is 5.30. The molecular weight excluding hydrogens is 252 g/mol. The Labute approximate surface area is 119 Å². The highest BCUT2D eigenvalue weighted by molar-refractivity contribution is 5.85. The molecule has 0 unspecified atom stereocenters. The van der Waals surface area contributed by atoms with Crippen molar-refractivity contribution in [2.75, 3.05) is 61.9 Å². The van der Waals surface area contributed by atoms with Gasteiger partial charge >= 0.3 is 0 Å². The lowest BCUT2D eigenvalue weighted by Gasteiger charge is -2.14. The summed E-state index contributed by atoms with van der Waals surface area (Å²) >= 11 is 0. The second kappa shape index (κ2) is 16.6. The second-order valence-electron chi connectivity index (χ2n) is 5.30. The van der Waals surface area contributed by atoms with Crippen LogP contribution in [0.4, 0.5) is 0 Å². The summed E-state index contributed by atoms with van der Waals surface area (Å²) in [6.07, 6.45) is 1.08. The first-order chi connectivity index (χ1) is 7.27. The molecular formula is C12H31ClN4O. The molecule has 0 spiro atoms. The minimum Gasteiger partial charge on any atom is -0.870 e. The fourth-order valence-electron chi connectivity index (χ4n) is 0.637. The molecule has 0 aliphatic carbocycles. The molecule has 0 radical (unpaired) electrons. The molecule has 0 aliphatic heterocycles. The van der Waals surface area contributed by atoms with Gasteiger partial charge in [-0.15, -0.1) is 12.4 Å². The average molecular weight is 283 g/mol. The molecule has 0 aliphatic rings. The van der Waals surface area contributed by atoms with Crippen molar-refractivity contribution in [3.63, 3.8) is 0 Å². The summed E-state index contributed by atoms with van der Waals surface area (Å²) in [5, 5.41) is 0. The van der Waals surface area contributed by atoms with Crippen molar-refractivity contribution < 1.29 is 9.96 Å². The number of rotatable bonds is 5. The fourth-order valence-corrected chi connectivity index (χ4v) is 0.637. The first-order valence-corrected chi connectivity index (χ1v) is 5.79. The first kappa shape index (κ1) is 26.2. The van der Waals surface area contributed by atoms with Crippen LogP contribution in [0, 0.1) is 0 Å². The van der Waals surface area contributed by atoms with Crippen molar-refractivity contribution >= 4 is 18.4 Å². The van der Waals surface area contributed by atoms with E-state index in [1.807, 2.05) is 6.92 Å². The Morgan fingerprint density at radius 1 is 1.06 bits per heavy atom. The number of hydrogen-bond acceptors (Lipinski definition) is 4. The molecule has 0 aromatic rings. The van der Waals surface area contributed by atoms with Crippen LogP contribution in [0.15, 0.2) is 9.98 Å². The van der Waals surface area contributed by atoms with Crippen LogP contribution in [0.2, 0.25) is 0 Å². The lowest BCUT2D eigenvalue weighted by molar-refractivity contribution is -0.849. The number of quaternary nitrogens is 1. The number of nitrogens with zero attached hydrogens (tertiary/aromatic N) is 4. The van der Waals surface area contributed by atoms with Crippen LogP contribution in [0.1, 0.15) is 13.3 Å². The maximum atomic E-state index is 3.99. The third-order valence-corrected chi connectivity index (χ3v) is 1.17. The van der Waals surface area contributed by atoms with Crippen molar-refractivity contribution in [3.8, 4) is 0 Å². The molecule has 0 aromatic carbocycles. The van der Waals surface area contributed by atoms with Gasteiger partial charge in [-0.1, -0.05) is 0 Å². The number of halogens is 1. The molecule has 0 heterocycles. The summed E-state index contributed by atoms with van der Waals surface area (Å²) in [6.45, 7) is 4.67. The molecule has 0 aromatic heterocycles. The molecule has 0 saturated carbocycles. The molecule has 0 saturated heterocycles. The van der Waals surface area contributed by atoms with E-state index in [1.54, 1.807) is 0 Å². The average Bonchev–Trinajstić information content (AvgIpc) is 2.08. The summed E-state index contributed by atoms with van der Waals surface area (Å²) in [5.74, 6) is 0. The van der Waals surface area contributed by atoms with E-state index in [4.69, 9.17) is 0 Å². The monoisotopic (exact) mass is 282 g/mol. The van der Waals surface area contributed by atoms with Crippen LogP contribution in [-0.2, 0) is 0 Å². The number of hydrogen-bond donors (Lipinski definition) is 0. The van der Waals surface area contributed by atoms with Gasteiger partial charge in [-0.2, -0.15) is 0 Å². The van der Waals surface area contributed by atoms with Crippen molar-refractivity contribution in [3.05, 3.63) is 0 Å². The van der Waals surface area contributed by atoms with Gasteiger partial charge < -0.3 is 14.9 Å². The normalized spacial score (nSPS) is 9.11. The van der Waals surface area contributed by atoms with Crippen molar-refractivity contribution in [2.45, 2.75) is 13.3 Å². The molecule has 1 N–H and O–H groups in total. The maximum absolute atomic E-state index is 3.99. The standard InChI is InChI=1S/C8H17N3.C4H12N.ClH.H2O/c1-4-9-8-10-6-5-7-11(2)3;1-5(2,3)4;;/h4-7H2,1-3H3;1-4H3;1H;1H2/q;+1;;/p-1. The largest absolute Gasteiger partial charge is 0.870 e. The summed E-state index contributed by atoms with van der Waals surface area (Å²) < 4.78 is 1.00. The Kier molecular flexibility index (Phi) is 24.1. The van der Waals surface area contributed by atoms with Crippen LogP contribution in [0.3, 0.4) is 0 Å². The van der Waals surface area contributed by atoms with E-state index >= 15 is 0 Å². The van der Waals surface area contributed by atoms with Crippen LogP contribution in [0.5, 0.6) is 0 Å². The molecule has 0 fully saturated rings. The van der Waals surface area contributed by atoms with E-state index in [0.717, 1.165) is 30.5 Å². The van der Waals surface area contributed by atoms with Crippen LogP contribution in [0.25, 0.3) is 0 Å². The minimum atomic E-state index is 0. The summed E-state index contributed by atoms with van der Waals surface area (Å²) in [5.41, 5.74) is 0. The Morgan fingerprint density at radius 2 is 1.50 bits per heavy atom. The highest BCUT2D eigenvalue weighted by Gasteiger charge is 1.88. The maximum Gasteiger partial charge on any atom is 0.0892 e. The summed E-state index contributed by atoms with van der Waals surface area (Å²) in [7, 11) is 12.6. The third kappa shape index (κ3) is 57.8. The van der Waals surface area contributed by atoms with E-state index in [1.165, 1.54) is 0 Å². The quantitative estimate of drug-likeness (QED) is 0.438. The molecule has 0 bridgehead atoms. The fraction of sp³-hybridized carbons (Fsp3) is 0.917. The summed E-state index contributed by atoms with van der Waals surface area (Å²) in [6, 6.07) is 2.64. The van der Waals surface area contributed by atoms with Gasteiger partial charge in [0.1, 0.15) is 0 Å². The zero-order chi connectivity index (χ0) is 13.0. The van der Waals surface area contributed by atoms with Crippen molar-refractivity contribution in [2.24, 2.45) is 9.98 Å². The smallest absolute Gasteiger partial charge is 0.0892 e. The first-order valence-electron chi connectivity index (χ1n) is 5.79. The Bertz CT molecular complexity index is 203. The van der Waals surface area contributed by atoms with Gasteiger partial charge in [0, 0.05) is 6.54 Å². The van der Waals surface area contributed by atoms with Gasteiger partial charge in [0.15, 0.2) is 0 Å². The lowest BCUT2D eigenvalue weighted by Crippen LogP contribution is -2.27. The van der Waals surface area contributed by atoms with Crippen molar-refractivity contribution in [1.29, 1.82) is 0 Å². The van der Waals surface area contributed by atoms with E-state index in [-0.39, 0.29) is 17.9 Å². The molecule has 18 heavy (non-hydrogen) atoms. The summed E-state index contributed by atoms with van der Waals surface area (Å²) in [4.78, 5) is 9.99. The highest BCUT2D eigenvalue weighted by atomic mass is 35.5. The molecule has 0 amide bonds. The molecule has 6 heteroatoms. The zero-order valence-electron chi connectivity index (χ0n) is 13.0. The van der Waals surface area contributed by atoms with Crippen LogP contribution in [-0.4, -0.2) is 82.8 Å². The van der Waals surface area contributed by atoms with E-state index in [9.17, 15) is 0 Å². The van der Waals surface area contributed by atoms with Gasteiger partial charge in [-0.25, -0.2) is 9.98 Å². The Hall–Kier alpha value is -0.450. The van der Waals surface area contributed by atoms with Gasteiger partial charge in [-0.3, -0.25) is 0 Å². The molecule has 0 rings (SSSR count). The van der Waals surface area contributed by atoms with Gasteiger partial charge in [0.2, 0.25) is 0 Å². The molecule has 5 nitrogen and oxygen atoms in total. The Morgan fingerprint density at radius 3 is 1.83 bits per heavy atom. The highest BCUT2D eigenvalue weighted by Crippen LogP contribution is 1.82. The zero-order valence-corrected chi connectivity index (χ0v) is 13.8. The van der Waals surface area contributed by atoms with E-state index in [2.05, 4.69) is 63.2 Å². The van der Waals surface area contributed by atoms with Crippen molar-refractivity contribution in [1.82, 2.24) is 4.90 Å². The predicted octanol–water partition coefficient (Wildman–Crippen LogP) is 1.70. The third-order valence-electron chi connectivity index (χ3n) is 1.17. The molecule has 0 atom stereocenters. The Balaban J connectivity index is -0.000000122. The van der Waals surface area contributed by atoms with E-state index in [0.29, 0.717) is 0 Å². The van der Waals surface area contributed by atoms with Gasteiger partial charge in [-0.05, 0) is 34.0 Å². The lowest BCUT2D eigenvalue weighted by atomic mass is 10.4. The van der Waals surface area contributed by atoms with Crippen LogP contribution < -0.4 is 0 Å². The SMILES string of the molecule is CCN=C=NCCCN(C)C.C[N+](C)(C)C.Cl.[OH-]. The topological polar surface area (TPSA) is 58.0 Å². The number of aliphatic imine (C=N–C) groups is 2.